The van der Waals surface area contributed by atoms with Gasteiger partial charge in [0.15, 0.2) is 0 Å². The Hall–Kier alpha value is -1.51. The number of hydrogen-bond acceptors (Lipinski definition) is 2. The predicted octanol–water partition coefficient (Wildman–Crippen LogP) is 3.23. The largest absolute Gasteiger partial charge is 0.508 e. The Balaban J connectivity index is 2.81. The van der Waals surface area contributed by atoms with Gasteiger partial charge in [-0.05, 0) is 36.8 Å². The third kappa shape index (κ3) is 3.77. The van der Waals surface area contributed by atoms with Crippen LogP contribution in [0.2, 0.25) is 0 Å². The Morgan fingerprint density at radius 1 is 1.35 bits per heavy atom. The van der Waals surface area contributed by atoms with E-state index in [1.807, 2.05) is 32.9 Å². The quantitative estimate of drug-likeness (QED) is 0.825. The van der Waals surface area contributed by atoms with Crippen LogP contribution in [0.3, 0.4) is 0 Å². The molecule has 0 fully saturated rings. The fourth-order valence-electron chi connectivity index (χ4n) is 2.01. The molecule has 0 amide bonds. The molecule has 1 rings (SSSR count). The van der Waals surface area contributed by atoms with Crippen molar-refractivity contribution in [2.24, 2.45) is 0 Å². The summed E-state index contributed by atoms with van der Waals surface area (Å²) >= 11 is 0. The fraction of sp³-hybridized carbons (Fsp3) is 0.500. The number of aryl methyl sites for hydroxylation is 1. The standard InChI is InChI=1S/C14H20O3/c1-10-6-7-12(15)11(9-10)14(2,3)8-4-5-13(16)17/h6-7,9,15H,4-5,8H2,1-3H3,(H,16,17). The molecule has 1 aromatic carbocycles. The Labute approximate surface area is 102 Å². The van der Waals surface area contributed by atoms with Gasteiger partial charge in [-0.1, -0.05) is 31.5 Å². The summed E-state index contributed by atoms with van der Waals surface area (Å²) in [6.07, 6.45) is 1.54. The SMILES string of the molecule is Cc1ccc(O)c(C(C)(C)CCCC(=O)O)c1. The van der Waals surface area contributed by atoms with E-state index in [0.29, 0.717) is 6.42 Å². The van der Waals surface area contributed by atoms with Crippen molar-refractivity contribution < 1.29 is 15.0 Å². The lowest BCUT2D eigenvalue weighted by Gasteiger charge is -2.26. The van der Waals surface area contributed by atoms with Crippen LogP contribution in [0.25, 0.3) is 0 Å². The number of phenolic OH excluding ortho intramolecular Hbond substituents is 1. The molecule has 1 aromatic rings. The molecule has 0 aliphatic heterocycles. The number of rotatable bonds is 5. The van der Waals surface area contributed by atoms with Crippen LogP contribution in [0.5, 0.6) is 5.75 Å². The molecule has 0 aromatic heterocycles. The van der Waals surface area contributed by atoms with Crippen LogP contribution in [0.4, 0.5) is 0 Å². The van der Waals surface area contributed by atoms with Gasteiger partial charge in [0, 0.05) is 6.42 Å². The molecule has 3 nitrogen and oxygen atoms in total. The molecule has 0 radical (unpaired) electrons. The molecule has 0 atom stereocenters. The Morgan fingerprint density at radius 3 is 2.59 bits per heavy atom. The number of phenols is 1. The number of carboxylic acids is 1. The summed E-state index contributed by atoms with van der Waals surface area (Å²) in [6.45, 7) is 6.04. The highest BCUT2D eigenvalue weighted by Gasteiger charge is 2.23. The number of aromatic hydroxyl groups is 1. The molecule has 0 bridgehead atoms. The molecule has 3 heteroatoms. The van der Waals surface area contributed by atoms with Crippen LogP contribution in [-0.2, 0) is 10.2 Å². The number of aliphatic carboxylic acids is 1. The van der Waals surface area contributed by atoms with Crippen molar-refractivity contribution in [3.63, 3.8) is 0 Å². The monoisotopic (exact) mass is 236 g/mol. The molecule has 17 heavy (non-hydrogen) atoms. The number of benzene rings is 1. The van der Waals surface area contributed by atoms with Crippen molar-refractivity contribution in [2.75, 3.05) is 0 Å². The predicted molar refractivity (Wildman–Crippen MR) is 67.4 cm³/mol. The maximum Gasteiger partial charge on any atom is 0.303 e. The summed E-state index contributed by atoms with van der Waals surface area (Å²) in [5.74, 6) is -0.481. The molecule has 0 aliphatic carbocycles. The fourth-order valence-corrected chi connectivity index (χ4v) is 2.01. The van der Waals surface area contributed by atoms with Crippen LogP contribution >= 0.6 is 0 Å². The van der Waals surface area contributed by atoms with Crippen LogP contribution in [0.15, 0.2) is 18.2 Å². The van der Waals surface area contributed by atoms with E-state index in [1.54, 1.807) is 6.07 Å². The molecule has 0 saturated carbocycles. The van der Waals surface area contributed by atoms with Crippen LogP contribution in [0, 0.1) is 6.92 Å². The first kappa shape index (κ1) is 13.6. The van der Waals surface area contributed by atoms with E-state index in [0.717, 1.165) is 17.5 Å². The topological polar surface area (TPSA) is 57.5 Å². The second-order valence-corrected chi connectivity index (χ2v) is 5.15. The van der Waals surface area contributed by atoms with E-state index < -0.39 is 5.97 Å². The molecule has 0 aliphatic rings. The van der Waals surface area contributed by atoms with Gasteiger partial charge in [-0.25, -0.2) is 0 Å². The maximum atomic E-state index is 10.5. The molecular weight excluding hydrogens is 216 g/mol. The van der Waals surface area contributed by atoms with E-state index in [9.17, 15) is 9.90 Å². The Kier molecular flexibility index (Phi) is 4.16. The minimum absolute atomic E-state index is 0.177. The summed E-state index contributed by atoms with van der Waals surface area (Å²) in [6, 6.07) is 5.53. The lowest BCUT2D eigenvalue weighted by atomic mass is 9.79. The number of hydrogen-bond donors (Lipinski definition) is 2. The Bertz CT molecular complexity index is 408. The molecular formula is C14H20O3. The first-order valence-corrected chi connectivity index (χ1v) is 5.85. The van der Waals surface area contributed by atoms with Crippen molar-refractivity contribution in [1.29, 1.82) is 0 Å². The molecule has 0 spiro atoms. The van der Waals surface area contributed by atoms with Crippen molar-refractivity contribution in [3.05, 3.63) is 29.3 Å². The zero-order valence-corrected chi connectivity index (χ0v) is 10.7. The average molecular weight is 236 g/mol. The molecule has 0 unspecified atom stereocenters. The maximum absolute atomic E-state index is 10.5. The van der Waals surface area contributed by atoms with Gasteiger partial charge in [-0.15, -0.1) is 0 Å². The van der Waals surface area contributed by atoms with Gasteiger partial charge < -0.3 is 10.2 Å². The zero-order chi connectivity index (χ0) is 13.1. The summed E-state index contributed by atoms with van der Waals surface area (Å²) < 4.78 is 0. The molecule has 2 N–H and O–H groups in total. The minimum Gasteiger partial charge on any atom is -0.508 e. The molecule has 0 heterocycles. The highest BCUT2D eigenvalue weighted by Crippen LogP contribution is 2.35. The van der Waals surface area contributed by atoms with Gasteiger partial charge in [0.25, 0.3) is 0 Å². The third-order valence-corrected chi connectivity index (χ3v) is 3.07. The average Bonchev–Trinajstić information content (AvgIpc) is 2.20. The first-order chi connectivity index (χ1) is 7.83. The van der Waals surface area contributed by atoms with Crippen molar-refractivity contribution in [1.82, 2.24) is 0 Å². The van der Waals surface area contributed by atoms with Gasteiger partial charge >= 0.3 is 5.97 Å². The van der Waals surface area contributed by atoms with Crippen molar-refractivity contribution >= 4 is 5.97 Å². The highest BCUT2D eigenvalue weighted by atomic mass is 16.4. The number of carboxylic acid groups (broad SMARTS) is 1. The van der Waals surface area contributed by atoms with Crippen molar-refractivity contribution in [3.8, 4) is 5.75 Å². The Morgan fingerprint density at radius 2 is 2.00 bits per heavy atom. The smallest absolute Gasteiger partial charge is 0.303 e. The summed E-state index contributed by atoms with van der Waals surface area (Å²) in [5.41, 5.74) is 1.79. The minimum atomic E-state index is -0.769. The van der Waals surface area contributed by atoms with Gasteiger partial charge in [-0.2, -0.15) is 0 Å². The van der Waals surface area contributed by atoms with Gasteiger partial charge in [0.2, 0.25) is 0 Å². The second-order valence-electron chi connectivity index (χ2n) is 5.15. The zero-order valence-electron chi connectivity index (χ0n) is 10.7. The van der Waals surface area contributed by atoms with E-state index in [-0.39, 0.29) is 17.6 Å². The van der Waals surface area contributed by atoms with Crippen LogP contribution in [-0.4, -0.2) is 16.2 Å². The van der Waals surface area contributed by atoms with E-state index in [4.69, 9.17) is 5.11 Å². The van der Waals surface area contributed by atoms with Gasteiger partial charge in [0.05, 0.1) is 0 Å². The third-order valence-electron chi connectivity index (χ3n) is 3.07. The van der Waals surface area contributed by atoms with E-state index >= 15 is 0 Å². The number of carbonyl (C=O) groups is 1. The highest BCUT2D eigenvalue weighted by molar-refractivity contribution is 5.66. The van der Waals surface area contributed by atoms with Crippen LogP contribution in [0.1, 0.15) is 44.2 Å². The van der Waals surface area contributed by atoms with Crippen LogP contribution < -0.4 is 0 Å². The lowest BCUT2D eigenvalue weighted by molar-refractivity contribution is -0.137. The van der Waals surface area contributed by atoms with Crippen molar-refractivity contribution in [2.45, 2.75) is 45.4 Å². The van der Waals surface area contributed by atoms with Gasteiger partial charge in [-0.3, -0.25) is 4.79 Å². The molecule has 94 valence electrons. The normalized spacial score (nSPS) is 11.5. The first-order valence-electron chi connectivity index (χ1n) is 5.85. The summed E-state index contributed by atoms with van der Waals surface area (Å²) in [5, 5.41) is 18.5. The summed E-state index contributed by atoms with van der Waals surface area (Å²) in [4.78, 5) is 10.5. The summed E-state index contributed by atoms with van der Waals surface area (Å²) in [7, 11) is 0. The lowest BCUT2D eigenvalue weighted by Crippen LogP contribution is -2.18. The van der Waals surface area contributed by atoms with E-state index in [1.165, 1.54) is 0 Å². The van der Waals surface area contributed by atoms with E-state index in [2.05, 4.69) is 0 Å². The molecule has 0 saturated heterocycles. The second kappa shape index (κ2) is 5.21. The van der Waals surface area contributed by atoms with Gasteiger partial charge in [0.1, 0.15) is 5.75 Å².